The lowest BCUT2D eigenvalue weighted by atomic mass is 10.1. The Hall–Kier alpha value is -1.66. The van der Waals surface area contributed by atoms with Crippen LogP contribution in [0.3, 0.4) is 0 Å². The van der Waals surface area contributed by atoms with E-state index in [1.165, 1.54) is 17.4 Å². The molecule has 0 unspecified atom stereocenters. The monoisotopic (exact) mass is 295 g/mol. The molecule has 0 aromatic carbocycles. The Morgan fingerprint density at radius 2 is 2.15 bits per heavy atom. The van der Waals surface area contributed by atoms with Crippen LogP contribution < -0.4 is 0 Å². The summed E-state index contributed by atoms with van der Waals surface area (Å²) >= 11 is 1.37. The number of piperidine rings is 1. The SMILES string of the molecule is COC1CCN(C(=O)c2csc(C=CC(=O)O)c2)CC1. The van der Waals surface area contributed by atoms with Crippen LogP contribution in [0.1, 0.15) is 28.1 Å². The van der Waals surface area contributed by atoms with Crippen molar-refractivity contribution >= 4 is 29.3 Å². The lowest BCUT2D eigenvalue weighted by Crippen LogP contribution is -2.40. The van der Waals surface area contributed by atoms with Crippen molar-refractivity contribution in [3.05, 3.63) is 28.0 Å². The molecule has 1 aromatic rings. The summed E-state index contributed by atoms with van der Waals surface area (Å²) < 4.78 is 5.28. The number of aliphatic carboxylic acids is 1. The van der Waals surface area contributed by atoms with Gasteiger partial charge in [0.15, 0.2) is 0 Å². The van der Waals surface area contributed by atoms with E-state index in [1.807, 2.05) is 4.90 Å². The van der Waals surface area contributed by atoms with Crippen LogP contribution in [-0.2, 0) is 9.53 Å². The molecule has 108 valence electrons. The highest BCUT2D eigenvalue weighted by atomic mass is 32.1. The molecule has 1 saturated heterocycles. The number of rotatable bonds is 4. The fraction of sp³-hybridized carbons (Fsp3) is 0.429. The van der Waals surface area contributed by atoms with E-state index in [9.17, 15) is 9.59 Å². The highest BCUT2D eigenvalue weighted by Crippen LogP contribution is 2.20. The highest BCUT2D eigenvalue weighted by molar-refractivity contribution is 7.11. The molecular weight excluding hydrogens is 278 g/mol. The molecule has 2 heterocycles. The van der Waals surface area contributed by atoms with Gasteiger partial charge in [-0.3, -0.25) is 4.79 Å². The van der Waals surface area contributed by atoms with Gasteiger partial charge in [-0.1, -0.05) is 0 Å². The number of carbonyl (C=O) groups is 2. The molecule has 0 aliphatic carbocycles. The first-order chi connectivity index (χ1) is 9.60. The first kappa shape index (κ1) is 14.7. The van der Waals surface area contributed by atoms with Crippen molar-refractivity contribution in [2.75, 3.05) is 20.2 Å². The smallest absolute Gasteiger partial charge is 0.328 e. The van der Waals surface area contributed by atoms with Crippen LogP contribution in [0.4, 0.5) is 0 Å². The third-order valence-electron chi connectivity index (χ3n) is 3.32. The molecule has 1 amide bonds. The molecule has 0 spiro atoms. The van der Waals surface area contributed by atoms with Crippen LogP contribution in [0.2, 0.25) is 0 Å². The first-order valence-electron chi connectivity index (χ1n) is 6.41. The Morgan fingerprint density at radius 1 is 1.45 bits per heavy atom. The molecule has 1 fully saturated rings. The van der Waals surface area contributed by atoms with Crippen molar-refractivity contribution < 1.29 is 19.4 Å². The third-order valence-corrected chi connectivity index (χ3v) is 4.22. The summed E-state index contributed by atoms with van der Waals surface area (Å²) in [5, 5.41) is 10.3. The van der Waals surface area contributed by atoms with Crippen molar-refractivity contribution in [3.63, 3.8) is 0 Å². The van der Waals surface area contributed by atoms with E-state index in [2.05, 4.69) is 0 Å². The zero-order valence-corrected chi connectivity index (χ0v) is 12.1. The van der Waals surface area contributed by atoms with Gasteiger partial charge in [0.2, 0.25) is 0 Å². The maximum atomic E-state index is 12.3. The molecule has 0 saturated carbocycles. The van der Waals surface area contributed by atoms with Crippen LogP contribution >= 0.6 is 11.3 Å². The number of methoxy groups -OCH3 is 1. The van der Waals surface area contributed by atoms with Gasteiger partial charge in [0.1, 0.15) is 0 Å². The topological polar surface area (TPSA) is 66.8 Å². The minimum atomic E-state index is -0.993. The molecular formula is C14H17NO4S. The van der Waals surface area contributed by atoms with Crippen molar-refractivity contribution in [1.29, 1.82) is 0 Å². The summed E-state index contributed by atoms with van der Waals surface area (Å²) in [6.07, 6.45) is 4.54. The summed E-state index contributed by atoms with van der Waals surface area (Å²) in [6.45, 7) is 1.40. The van der Waals surface area contributed by atoms with Gasteiger partial charge in [0.05, 0.1) is 11.7 Å². The molecule has 0 bridgehead atoms. The molecule has 1 aliphatic heterocycles. The molecule has 5 nitrogen and oxygen atoms in total. The van der Waals surface area contributed by atoms with E-state index in [0.29, 0.717) is 18.7 Å². The number of carboxylic acid groups (broad SMARTS) is 1. The van der Waals surface area contributed by atoms with Crippen molar-refractivity contribution in [3.8, 4) is 0 Å². The molecule has 1 aromatic heterocycles. The van der Waals surface area contributed by atoms with Crippen LogP contribution in [0.25, 0.3) is 6.08 Å². The minimum absolute atomic E-state index is 0.00535. The molecule has 0 atom stereocenters. The van der Waals surface area contributed by atoms with Crippen LogP contribution in [0.15, 0.2) is 17.5 Å². The Kier molecular flexibility index (Phi) is 4.92. The maximum Gasteiger partial charge on any atom is 0.328 e. The Labute approximate surface area is 121 Å². The highest BCUT2D eigenvalue weighted by Gasteiger charge is 2.23. The number of carbonyl (C=O) groups excluding carboxylic acids is 1. The van der Waals surface area contributed by atoms with Gasteiger partial charge in [0, 0.05) is 36.5 Å². The summed E-state index contributed by atoms with van der Waals surface area (Å²) in [4.78, 5) is 25.3. The second-order valence-electron chi connectivity index (χ2n) is 4.64. The molecule has 1 aliphatic rings. The summed E-state index contributed by atoms with van der Waals surface area (Å²) in [6, 6.07) is 1.73. The number of hydrogen-bond acceptors (Lipinski definition) is 4. The maximum absolute atomic E-state index is 12.3. The van der Waals surface area contributed by atoms with Gasteiger partial charge >= 0.3 is 5.97 Å². The number of carboxylic acids is 1. The normalized spacial score (nSPS) is 16.8. The zero-order valence-electron chi connectivity index (χ0n) is 11.2. The van der Waals surface area contributed by atoms with Crippen LogP contribution in [0, 0.1) is 0 Å². The fourth-order valence-electron chi connectivity index (χ4n) is 2.18. The third kappa shape index (κ3) is 3.68. The van der Waals surface area contributed by atoms with Crippen LogP contribution in [0.5, 0.6) is 0 Å². The second kappa shape index (κ2) is 6.67. The van der Waals surface area contributed by atoms with Gasteiger partial charge in [-0.05, 0) is 25.0 Å². The number of nitrogens with zero attached hydrogens (tertiary/aromatic N) is 1. The van der Waals surface area contributed by atoms with Crippen LogP contribution in [-0.4, -0.2) is 48.2 Å². The zero-order chi connectivity index (χ0) is 14.5. The fourth-order valence-corrected chi connectivity index (χ4v) is 2.96. The van der Waals surface area contributed by atoms with Crippen molar-refractivity contribution in [1.82, 2.24) is 4.90 Å². The average molecular weight is 295 g/mol. The number of hydrogen-bond donors (Lipinski definition) is 1. The van der Waals surface area contributed by atoms with Crippen molar-refractivity contribution in [2.45, 2.75) is 18.9 Å². The van der Waals surface area contributed by atoms with E-state index >= 15 is 0 Å². The van der Waals surface area contributed by atoms with Gasteiger partial charge in [-0.25, -0.2) is 4.79 Å². The summed E-state index contributed by atoms with van der Waals surface area (Å²) in [7, 11) is 1.70. The Bertz CT molecular complexity index is 515. The van der Waals surface area contributed by atoms with E-state index in [1.54, 1.807) is 18.6 Å². The number of amides is 1. The Morgan fingerprint density at radius 3 is 2.75 bits per heavy atom. The first-order valence-corrected chi connectivity index (χ1v) is 7.29. The summed E-state index contributed by atoms with van der Waals surface area (Å²) in [5.41, 5.74) is 0.621. The average Bonchev–Trinajstić information content (AvgIpc) is 2.93. The van der Waals surface area contributed by atoms with Crippen molar-refractivity contribution in [2.24, 2.45) is 0 Å². The molecule has 1 N–H and O–H groups in total. The molecule has 2 rings (SSSR count). The molecule has 6 heteroatoms. The Balaban J connectivity index is 1.98. The predicted molar refractivity (Wildman–Crippen MR) is 76.9 cm³/mol. The number of likely N-dealkylation sites (tertiary alicyclic amines) is 1. The van der Waals surface area contributed by atoms with E-state index < -0.39 is 5.97 Å². The molecule has 0 radical (unpaired) electrons. The van der Waals surface area contributed by atoms with E-state index in [0.717, 1.165) is 23.8 Å². The number of thiophene rings is 1. The lowest BCUT2D eigenvalue weighted by Gasteiger charge is -2.31. The van der Waals surface area contributed by atoms with E-state index in [4.69, 9.17) is 9.84 Å². The van der Waals surface area contributed by atoms with Gasteiger partial charge < -0.3 is 14.7 Å². The number of ether oxygens (including phenoxy) is 1. The van der Waals surface area contributed by atoms with Gasteiger partial charge in [-0.15, -0.1) is 11.3 Å². The molecule has 20 heavy (non-hydrogen) atoms. The quantitative estimate of drug-likeness (QED) is 0.864. The summed E-state index contributed by atoms with van der Waals surface area (Å²) in [5.74, 6) is -0.987. The minimum Gasteiger partial charge on any atom is -0.478 e. The van der Waals surface area contributed by atoms with E-state index in [-0.39, 0.29) is 12.0 Å². The largest absolute Gasteiger partial charge is 0.478 e. The standard InChI is InChI=1S/C14H17NO4S/c1-19-11-4-6-15(7-5-11)14(18)10-8-12(20-9-10)2-3-13(16)17/h2-3,8-9,11H,4-7H2,1H3,(H,16,17). The predicted octanol–water partition coefficient (Wildman–Crippen LogP) is 2.10. The lowest BCUT2D eigenvalue weighted by molar-refractivity contribution is -0.131. The van der Waals surface area contributed by atoms with Gasteiger partial charge in [0.25, 0.3) is 5.91 Å². The van der Waals surface area contributed by atoms with Gasteiger partial charge in [-0.2, -0.15) is 0 Å². The second-order valence-corrected chi connectivity index (χ2v) is 5.58.